The van der Waals surface area contributed by atoms with Gasteiger partial charge in [-0.3, -0.25) is 4.79 Å². The number of carbonyl (C=O) groups is 1. The molecule has 4 aliphatic carbocycles. The summed E-state index contributed by atoms with van der Waals surface area (Å²) in [5, 5.41) is 30.8. The van der Waals surface area contributed by atoms with Crippen LogP contribution in [0.15, 0.2) is 0 Å². The van der Waals surface area contributed by atoms with Crippen LogP contribution in [0.25, 0.3) is 0 Å². The van der Waals surface area contributed by atoms with Crippen molar-refractivity contribution < 1.29 is 20.1 Å². The molecule has 28 heavy (non-hydrogen) atoms. The van der Waals surface area contributed by atoms with E-state index in [1.54, 1.807) is 0 Å². The second-order valence-electron chi connectivity index (χ2n) is 11.3. The van der Waals surface area contributed by atoms with Crippen molar-refractivity contribution in [3.8, 4) is 0 Å². The molecule has 4 nitrogen and oxygen atoms in total. The summed E-state index contributed by atoms with van der Waals surface area (Å²) in [6, 6.07) is 0. The van der Waals surface area contributed by atoms with Crippen LogP contribution in [-0.2, 0) is 4.79 Å². The minimum atomic E-state index is -0.707. The Kier molecular flexibility index (Phi) is 5.36. The van der Waals surface area contributed by atoms with Crippen LogP contribution in [0.3, 0.4) is 0 Å². The summed E-state index contributed by atoms with van der Waals surface area (Å²) in [5.74, 6) is 2.55. The summed E-state index contributed by atoms with van der Waals surface area (Å²) in [6.07, 6.45) is 9.26. The molecular weight excluding hydrogens is 352 g/mol. The van der Waals surface area contributed by atoms with E-state index < -0.39 is 5.97 Å². The van der Waals surface area contributed by atoms with Gasteiger partial charge in [-0.05, 0) is 104 Å². The number of carboxylic acid groups (broad SMARTS) is 1. The third-order valence-electron chi connectivity index (χ3n) is 10.3. The van der Waals surface area contributed by atoms with Gasteiger partial charge in [-0.1, -0.05) is 20.8 Å². The van der Waals surface area contributed by atoms with E-state index in [0.29, 0.717) is 35.5 Å². The number of rotatable bonds is 4. The van der Waals surface area contributed by atoms with E-state index >= 15 is 0 Å². The van der Waals surface area contributed by atoms with Gasteiger partial charge in [0.2, 0.25) is 0 Å². The van der Waals surface area contributed by atoms with Gasteiger partial charge >= 0.3 is 5.97 Å². The Morgan fingerprint density at radius 1 is 1.04 bits per heavy atom. The zero-order valence-corrected chi connectivity index (χ0v) is 17.9. The van der Waals surface area contributed by atoms with Gasteiger partial charge in [-0.15, -0.1) is 0 Å². The molecule has 0 bridgehead atoms. The first kappa shape index (κ1) is 20.7. The summed E-state index contributed by atoms with van der Waals surface area (Å²) in [7, 11) is 0. The quantitative estimate of drug-likeness (QED) is 0.659. The molecule has 4 aliphatic rings. The first-order valence-corrected chi connectivity index (χ1v) is 11.8. The number of carboxylic acids is 1. The van der Waals surface area contributed by atoms with Crippen molar-refractivity contribution in [2.75, 3.05) is 0 Å². The summed E-state index contributed by atoms with van der Waals surface area (Å²) >= 11 is 0. The lowest BCUT2D eigenvalue weighted by Crippen LogP contribution is -2.58. The standard InChI is InChI=1S/C24H40O4/c1-14(4-9-22(27)28)18-7-8-19-17-6-5-15-12-16(25)10-11-23(15,2)20(17)13-21(26)24(18,19)3/h14-21,25-26H,4-13H2,1-3H3,(H,27,28)/t14-,15-,16-,17-,18-,19+,20+,21+,23+,24-/m1/s1. The fourth-order valence-electron chi connectivity index (χ4n) is 8.71. The van der Waals surface area contributed by atoms with E-state index in [1.807, 2.05) is 0 Å². The first-order chi connectivity index (χ1) is 13.2. The fraction of sp³-hybridized carbons (Fsp3) is 0.958. The minimum Gasteiger partial charge on any atom is -0.481 e. The van der Waals surface area contributed by atoms with E-state index in [9.17, 15) is 15.0 Å². The Hall–Kier alpha value is -0.610. The third-order valence-corrected chi connectivity index (χ3v) is 10.3. The second kappa shape index (κ2) is 7.27. The molecule has 0 spiro atoms. The molecule has 0 saturated heterocycles. The van der Waals surface area contributed by atoms with E-state index in [0.717, 1.165) is 38.5 Å². The van der Waals surface area contributed by atoms with Crippen LogP contribution in [0.1, 0.15) is 85.0 Å². The van der Waals surface area contributed by atoms with Crippen LogP contribution in [0.4, 0.5) is 0 Å². The van der Waals surface area contributed by atoms with Crippen molar-refractivity contribution in [2.24, 2.45) is 46.3 Å². The zero-order valence-electron chi connectivity index (χ0n) is 17.9. The van der Waals surface area contributed by atoms with Gasteiger partial charge in [0, 0.05) is 6.42 Å². The lowest BCUT2D eigenvalue weighted by Gasteiger charge is -2.62. The van der Waals surface area contributed by atoms with Gasteiger partial charge in [0.05, 0.1) is 12.2 Å². The molecule has 4 heteroatoms. The van der Waals surface area contributed by atoms with Gasteiger partial charge < -0.3 is 15.3 Å². The highest BCUT2D eigenvalue weighted by Gasteiger charge is 2.63. The van der Waals surface area contributed by atoms with Crippen LogP contribution in [0, 0.1) is 46.3 Å². The minimum absolute atomic E-state index is 0.0591. The molecule has 3 N–H and O–H groups in total. The zero-order chi connectivity index (χ0) is 20.3. The molecule has 4 fully saturated rings. The number of aliphatic hydroxyl groups excluding tert-OH is 2. The first-order valence-electron chi connectivity index (χ1n) is 11.8. The summed E-state index contributed by atoms with van der Waals surface area (Å²) in [4.78, 5) is 11.1. The highest BCUT2D eigenvalue weighted by atomic mass is 16.4. The molecule has 4 rings (SSSR count). The number of aliphatic carboxylic acids is 1. The van der Waals surface area contributed by atoms with Crippen molar-refractivity contribution in [1.82, 2.24) is 0 Å². The van der Waals surface area contributed by atoms with Crippen LogP contribution in [0.5, 0.6) is 0 Å². The predicted octanol–water partition coefficient (Wildman–Crippen LogP) is 4.48. The third kappa shape index (κ3) is 3.05. The maximum absolute atomic E-state index is 11.5. The molecule has 0 heterocycles. The summed E-state index contributed by atoms with van der Waals surface area (Å²) in [6.45, 7) is 6.99. The van der Waals surface area contributed by atoms with Crippen LogP contribution in [-0.4, -0.2) is 33.5 Å². The Bertz CT molecular complexity index is 605. The molecule has 10 atom stereocenters. The SMILES string of the molecule is C[C@H](CCC(=O)O)[C@H]1CC[C@H]2[C@H]3CC[C@@H]4C[C@H](O)CC[C@]4(C)[C@H]3C[C@H](O)[C@]12C. The molecule has 160 valence electrons. The van der Waals surface area contributed by atoms with Crippen molar-refractivity contribution in [3.63, 3.8) is 0 Å². The van der Waals surface area contributed by atoms with Gasteiger partial charge in [0.25, 0.3) is 0 Å². The number of hydrogen-bond donors (Lipinski definition) is 3. The normalized spacial score (nSPS) is 51.7. The molecule has 0 aliphatic heterocycles. The van der Waals surface area contributed by atoms with E-state index in [-0.39, 0.29) is 29.5 Å². The predicted molar refractivity (Wildman–Crippen MR) is 109 cm³/mol. The van der Waals surface area contributed by atoms with Crippen molar-refractivity contribution in [2.45, 2.75) is 97.2 Å². The molecule has 0 aromatic heterocycles. The summed E-state index contributed by atoms with van der Waals surface area (Å²) in [5.41, 5.74) is 0.216. The molecular formula is C24H40O4. The van der Waals surface area contributed by atoms with Gasteiger partial charge in [-0.2, -0.15) is 0 Å². The molecule has 0 aromatic rings. The topological polar surface area (TPSA) is 77.8 Å². The van der Waals surface area contributed by atoms with E-state index in [4.69, 9.17) is 5.11 Å². The molecule has 0 unspecified atom stereocenters. The monoisotopic (exact) mass is 392 g/mol. The Labute approximate surface area is 170 Å². The van der Waals surface area contributed by atoms with Gasteiger partial charge in [0.15, 0.2) is 0 Å². The fourth-order valence-corrected chi connectivity index (χ4v) is 8.71. The number of fused-ring (bicyclic) bond motifs is 5. The highest BCUT2D eigenvalue weighted by molar-refractivity contribution is 5.66. The molecule has 0 amide bonds. The van der Waals surface area contributed by atoms with Crippen molar-refractivity contribution >= 4 is 5.97 Å². The highest BCUT2D eigenvalue weighted by Crippen LogP contribution is 2.68. The average Bonchev–Trinajstić information content (AvgIpc) is 3.00. The molecule has 0 radical (unpaired) electrons. The van der Waals surface area contributed by atoms with Crippen molar-refractivity contribution in [1.29, 1.82) is 0 Å². The van der Waals surface area contributed by atoms with Crippen molar-refractivity contribution in [3.05, 3.63) is 0 Å². The maximum atomic E-state index is 11.5. The van der Waals surface area contributed by atoms with E-state index in [1.165, 1.54) is 19.3 Å². The second-order valence-corrected chi connectivity index (χ2v) is 11.3. The maximum Gasteiger partial charge on any atom is 0.303 e. The smallest absolute Gasteiger partial charge is 0.303 e. The van der Waals surface area contributed by atoms with Crippen LogP contribution < -0.4 is 0 Å². The lowest BCUT2D eigenvalue weighted by atomic mass is 9.43. The van der Waals surface area contributed by atoms with Crippen LogP contribution in [0.2, 0.25) is 0 Å². The summed E-state index contributed by atoms with van der Waals surface area (Å²) < 4.78 is 0. The Morgan fingerprint density at radius 2 is 1.79 bits per heavy atom. The number of hydrogen-bond acceptors (Lipinski definition) is 3. The van der Waals surface area contributed by atoms with Crippen LogP contribution >= 0.6 is 0 Å². The number of aliphatic hydroxyl groups is 2. The van der Waals surface area contributed by atoms with Gasteiger partial charge in [-0.25, -0.2) is 0 Å². The average molecular weight is 393 g/mol. The molecule has 0 aromatic carbocycles. The van der Waals surface area contributed by atoms with Gasteiger partial charge in [0.1, 0.15) is 0 Å². The Morgan fingerprint density at radius 3 is 2.50 bits per heavy atom. The largest absolute Gasteiger partial charge is 0.481 e. The Balaban J connectivity index is 1.56. The van der Waals surface area contributed by atoms with E-state index in [2.05, 4.69) is 20.8 Å². The molecule has 4 saturated carbocycles. The lowest BCUT2D eigenvalue weighted by molar-refractivity contribution is -0.175.